The molecule has 1 aromatic carbocycles. The van der Waals surface area contributed by atoms with Crippen molar-refractivity contribution >= 4 is 33.9 Å². The van der Waals surface area contributed by atoms with Gasteiger partial charge in [0.1, 0.15) is 17.9 Å². The first kappa shape index (κ1) is 18.1. The molecule has 8 heteroatoms. The van der Waals surface area contributed by atoms with E-state index in [-0.39, 0.29) is 19.1 Å². The first-order valence-electron chi connectivity index (χ1n) is 8.50. The summed E-state index contributed by atoms with van der Waals surface area (Å²) in [6, 6.07) is 12.3. The van der Waals surface area contributed by atoms with E-state index >= 15 is 0 Å². The number of ether oxygens (including phenoxy) is 1. The van der Waals surface area contributed by atoms with E-state index in [1.807, 2.05) is 24.4 Å². The molecule has 4 rings (SSSR count). The molecule has 142 valence electrons. The molecule has 3 aromatic heterocycles. The van der Waals surface area contributed by atoms with Gasteiger partial charge in [-0.1, -0.05) is 11.2 Å². The second-order valence-corrected chi connectivity index (χ2v) is 7.11. The highest BCUT2D eigenvalue weighted by molar-refractivity contribution is 7.13. The Hall–Kier alpha value is -3.23. The number of aryl methyl sites for hydroxylation is 1. The lowest BCUT2D eigenvalue weighted by molar-refractivity contribution is -0.121. The molecule has 4 aromatic rings. The van der Waals surface area contributed by atoms with Gasteiger partial charge in [0.05, 0.1) is 11.5 Å². The minimum absolute atomic E-state index is 0.142. The highest BCUT2D eigenvalue weighted by Gasteiger charge is 2.10. The van der Waals surface area contributed by atoms with Gasteiger partial charge in [-0.05, 0) is 36.1 Å². The summed E-state index contributed by atoms with van der Waals surface area (Å²) < 4.78 is 15.9. The fourth-order valence-corrected chi connectivity index (χ4v) is 3.44. The quantitative estimate of drug-likeness (QED) is 0.496. The Morgan fingerprint density at radius 2 is 2.14 bits per heavy atom. The molecule has 0 saturated heterocycles. The number of carbonyl (C=O) groups is 1. The third kappa shape index (κ3) is 4.03. The second kappa shape index (κ2) is 7.79. The molecule has 1 N–H and O–H groups in total. The number of thiophene rings is 1. The van der Waals surface area contributed by atoms with Crippen LogP contribution in [0.2, 0.25) is 0 Å². The number of rotatable bonds is 6. The average molecular weight is 396 g/mol. The molecule has 7 nitrogen and oxygen atoms in total. The molecule has 0 aliphatic heterocycles. The van der Waals surface area contributed by atoms with Gasteiger partial charge in [0, 0.05) is 29.3 Å². The number of nitrogens with zero attached hydrogens (tertiary/aromatic N) is 1. The topological polar surface area (TPSA) is 94.6 Å². The van der Waals surface area contributed by atoms with Crippen molar-refractivity contribution in [1.82, 2.24) is 5.16 Å². The molecule has 0 aliphatic carbocycles. The molecule has 0 unspecified atom stereocenters. The van der Waals surface area contributed by atoms with Crippen molar-refractivity contribution in [3.8, 4) is 10.6 Å². The van der Waals surface area contributed by atoms with Crippen molar-refractivity contribution in [2.24, 2.45) is 0 Å². The van der Waals surface area contributed by atoms with E-state index in [1.54, 1.807) is 35.6 Å². The number of hydrogen-bond donors (Lipinski definition) is 1. The first-order chi connectivity index (χ1) is 13.6. The number of hydrogen-bond acceptors (Lipinski definition) is 7. The fourth-order valence-electron chi connectivity index (χ4n) is 2.76. The van der Waals surface area contributed by atoms with Gasteiger partial charge in [0.2, 0.25) is 5.91 Å². The lowest BCUT2D eigenvalue weighted by Crippen LogP contribution is -2.18. The lowest BCUT2D eigenvalue weighted by atomic mass is 10.1. The van der Waals surface area contributed by atoms with Gasteiger partial charge in [-0.15, -0.1) is 11.3 Å². The van der Waals surface area contributed by atoms with Gasteiger partial charge in [0.15, 0.2) is 5.76 Å². The Morgan fingerprint density at radius 3 is 2.96 bits per heavy atom. The third-order valence-electron chi connectivity index (χ3n) is 4.04. The zero-order chi connectivity index (χ0) is 19.5. The minimum atomic E-state index is -0.425. The highest BCUT2D eigenvalue weighted by Crippen LogP contribution is 2.25. The average Bonchev–Trinajstić information content (AvgIpc) is 3.33. The Balaban J connectivity index is 1.33. The number of aromatic nitrogens is 1. The molecule has 0 aliphatic rings. The predicted molar refractivity (Wildman–Crippen MR) is 105 cm³/mol. The lowest BCUT2D eigenvalue weighted by Gasteiger charge is -2.07. The first-order valence-corrected chi connectivity index (χ1v) is 9.38. The smallest absolute Gasteiger partial charge is 0.336 e. The van der Waals surface area contributed by atoms with Gasteiger partial charge in [0.25, 0.3) is 0 Å². The minimum Gasteiger partial charge on any atom is -0.423 e. The summed E-state index contributed by atoms with van der Waals surface area (Å²) in [5.74, 6) is 0.349. The molecule has 0 bridgehead atoms. The van der Waals surface area contributed by atoms with Crippen molar-refractivity contribution in [3.05, 3.63) is 69.5 Å². The molecule has 0 atom stereocenters. The van der Waals surface area contributed by atoms with Crippen LogP contribution in [0.15, 0.2) is 61.6 Å². The molecule has 3 heterocycles. The Morgan fingerprint density at radius 1 is 1.25 bits per heavy atom. The van der Waals surface area contributed by atoms with E-state index in [9.17, 15) is 9.59 Å². The van der Waals surface area contributed by atoms with Crippen LogP contribution in [0.4, 0.5) is 5.69 Å². The zero-order valence-electron chi connectivity index (χ0n) is 14.9. The van der Waals surface area contributed by atoms with Crippen LogP contribution in [0.25, 0.3) is 21.6 Å². The van der Waals surface area contributed by atoms with Gasteiger partial charge in [-0.2, -0.15) is 0 Å². The van der Waals surface area contributed by atoms with Crippen LogP contribution in [-0.2, 0) is 16.1 Å². The summed E-state index contributed by atoms with van der Waals surface area (Å²) in [6.45, 7) is 1.85. The Labute approximate surface area is 163 Å². The largest absolute Gasteiger partial charge is 0.423 e. The van der Waals surface area contributed by atoms with Crippen molar-refractivity contribution in [3.63, 3.8) is 0 Å². The van der Waals surface area contributed by atoms with Crippen LogP contribution in [0.3, 0.4) is 0 Å². The Kier molecular flexibility index (Phi) is 5.05. The van der Waals surface area contributed by atoms with E-state index in [4.69, 9.17) is 13.7 Å². The number of anilines is 1. The van der Waals surface area contributed by atoms with Crippen molar-refractivity contribution < 1.29 is 18.5 Å². The van der Waals surface area contributed by atoms with Crippen molar-refractivity contribution in [2.75, 3.05) is 11.9 Å². The molecule has 0 radical (unpaired) electrons. The molecular formula is C20H16N2O5S. The molecule has 0 saturated carbocycles. The fraction of sp³-hybridized carbons (Fsp3) is 0.150. The van der Waals surface area contributed by atoms with Crippen LogP contribution >= 0.6 is 11.3 Å². The molecule has 28 heavy (non-hydrogen) atoms. The maximum Gasteiger partial charge on any atom is 0.336 e. The maximum atomic E-state index is 12.1. The molecular weight excluding hydrogens is 380 g/mol. The SMILES string of the molecule is Cc1cc(=O)oc2cc(NC(=O)COCc3cc(-c4cccs4)on3)ccc12. The van der Waals surface area contributed by atoms with Crippen LogP contribution in [0, 0.1) is 6.92 Å². The van der Waals surface area contributed by atoms with Crippen molar-refractivity contribution in [1.29, 1.82) is 0 Å². The molecule has 0 spiro atoms. The van der Waals surface area contributed by atoms with E-state index in [2.05, 4.69) is 10.5 Å². The van der Waals surface area contributed by atoms with Crippen LogP contribution in [0.5, 0.6) is 0 Å². The summed E-state index contributed by atoms with van der Waals surface area (Å²) in [7, 11) is 0. The normalized spacial score (nSPS) is 11.0. The number of fused-ring (bicyclic) bond motifs is 1. The van der Waals surface area contributed by atoms with Gasteiger partial charge >= 0.3 is 5.63 Å². The summed E-state index contributed by atoms with van der Waals surface area (Å²) in [5, 5.41) is 9.43. The number of nitrogens with one attached hydrogen (secondary N) is 1. The summed E-state index contributed by atoms with van der Waals surface area (Å²) in [5.41, 5.74) is 1.95. The van der Waals surface area contributed by atoms with Crippen LogP contribution in [0.1, 0.15) is 11.3 Å². The van der Waals surface area contributed by atoms with E-state index in [0.29, 0.717) is 22.7 Å². The Bertz CT molecular complexity index is 1180. The van der Waals surface area contributed by atoms with E-state index < -0.39 is 5.63 Å². The van der Waals surface area contributed by atoms with Crippen molar-refractivity contribution in [2.45, 2.75) is 13.5 Å². The van der Waals surface area contributed by atoms with E-state index in [1.165, 1.54) is 6.07 Å². The monoisotopic (exact) mass is 396 g/mol. The number of carbonyl (C=O) groups excluding carboxylic acids is 1. The molecule has 1 amide bonds. The van der Waals surface area contributed by atoms with Gasteiger partial charge in [-0.25, -0.2) is 4.79 Å². The number of benzene rings is 1. The van der Waals surface area contributed by atoms with E-state index in [0.717, 1.165) is 15.8 Å². The zero-order valence-corrected chi connectivity index (χ0v) is 15.7. The van der Waals surface area contributed by atoms with Gasteiger partial charge < -0.3 is 19.0 Å². The number of amides is 1. The third-order valence-corrected chi connectivity index (χ3v) is 4.93. The van der Waals surface area contributed by atoms with Crippen LogP contribution < -0.4 is 10.9 Å². The maximum absolute atomic E-state index is 12.1. The molecule has 0 fully saturated rings. The summed E-state index contributed by atoms with van der Waals surface area (Å²) in [4.78, 5) is 24.6. The van der Waals surface area contributed by atoms with Gasteiger partial charge in [-0.3, -0.25) is 4.79 Å². The summed E-state index contributed by atoms with van der Waals surface area (Å²) >= 11 is 1.56. The second-order valence-electron chi connectivity index (χ2n) is 6.16. The highest BCUT2D eigenvalue weighted by atomic mass is 32.1. The summed E-state index contributed by atoms with van der Waals surface area (Å²) in [6.07, 6.45) is 0. The predicted octanol–water partition coefficient (Wildman–Crippen LogP) is 3.97. The standard InChI is InChI=1S/C20H16N2O5S/c1-12-7-20(24)26-16-8-13(4-5-15(12)16)21-19(23)11-25-10-14-9-17(27-22-14)18-3-2-6-28-18/h2-9H,10-11H2,1H3,(H,21,23). The van der Waals surface area contributed by atoms with Crippen LogP contribution in [-0.4, -0.2) is 17.7 Å².